The molecule has 3 nitrogen and oxygen atoms in total. The summed E-state index contributed by atoms with van der Waals surface area (Å²) in [5.41, 5.74) is 1.07. The minimum Gasteiger partial charge on any atom is -0.381 e. The number of hydrogen-bond donors (Lipinski definition) is 1. The molecular weight excluding hydrogens is 250 g/mol. The summed E-state index contributed by atoms with van der Waals surface area (Å²) < 4.78 is 5.26. The predicted octanol–water partition coefficient (Wildman–Crippen LogP) is 2.94. The Labute approximate surface area is 112 Å². The normalized spacial score (nSPS) is 18.3. The second kappa shape index (κ2) is 6.21. The zero-order chi connectivity index (χ0) is 13.0. The molecule has 0 aliphatic carbocycles. The first-order chi connectivity index (χ1) is 8.66. The van der Waals surface area contributed by atoms with Crippen LogP contribution < -0.4 is 5.32 Å². The fourth-order valence-electron chi connectivity index (χ4n) is 2.13. The smallest absolute Gasteiger partial charge is 0.223 e. The molecule has 0 saturated carbocycles. The van der Waals surface area contributed by atoms with Crippen LogP contribution >= 0.6 is 11.6 Å². The third-order valence-corrected chi connectivity index (χ3v) is 3.57. The maximum atomic E-state index is 12.1. The van der Waals surface area contributed by atoms with Gasteiger partial charge in [-0.05, 0) is 37.5 Å². The average molecular weight is 268 g/mol. The van der Waals surface area contributed by atoms with E-state index in [-0.39, 0.29) is 17.9 Å². The van der Waals surface area contributed by atoms with Crippen LogP contribution in [0.2, 0.25) is 5.02 Å². The first-order valence-corrected chi connectivity index (χ1v) is 6.68. The Kier molecular flexibility index (Phi) is 4.61. The van der Waals surface area contributed by atoms with E-state index in [1.54, 1.807) is 0 Å². The lowest BCUT2D eigenvalue weighted by Gasteiger charge is -2.23. The second-order valence-corrected chi connectivity index (χ2v) is 5.10. The Bertz CT molecular complexity index is 399. The minimum atomic E-state index is 0.0117. The van der Waals surface area contributed by atoms with E-state index in [9.17, 15) is 4.79 Å². The fraction of sp³-hybridized carbons (Fsp3) is 0.500. The molecular formula is C14H18ClNO2. The van der Waals surface area contributed by atoms with Gasteiger partial charge in [0.1, 0.15) is 0 Å². The first kappa shape index (κ1) is 13.4. The highest BCUT2D eigenvalue weighted by molar-refractivity contribution is 6.30. The largest absolute Gasteiger partial charge is 0.381 e. The van der Waals surface area contributed by atoms with Crippen molar-refractivity contribution >= 4 is 17.5 Å². The Balaban J connectivity index is 1.91. The molecule has 98 valence electrons. The van der Waals surface area contributed by atoms with E-state index in [1.807, 2.05) is 31.2 Å². The molecule has 1 aliphatic heterocycles. The molecule has 0 aromatic heterocycles. The van der Waals surface area contributed by atoms with E-state index in [4.69, 9.17) is 16.3 Å². The van der Waals surface area contributed by atoms with Crippen LogP contribution in [0, 0.1) is 5.92 Å². The van der Waals surface area contributed by atoms with Crippen LogP contribution in [0.5, 0.6) is 0 Å². The van der Waals surface area contributed by atoms with Gasteiger partial charge in [0, 0.05) is 24.2 Å². The summed E-state index contributed by atoms with van der Waals surface area (Å²) in [5.74, 6) is 0.217. The predicted molar refractivity (Wildman–Crippen MR) is 71.6 cm³/mol. The molecule has 0 radical (unpaired) electrons. The van der Waals surface area contributed by atoms with Crippen LogP contribution in [-0.4, -0.2) is 19.1 Å². The highest BCUT2D eigenvalue weighted by Crippen LogP contribution is 2.19. The van der Waals surface area contributed by atoms with Crippen molar-refractivity contribution in [2.24, 2.45) is 5.92 Å². The van der Waals surface area contributed by atoms with Gasteiger partial charge in [0.15, 0.2) is 0 Å². The van der Waals surface area contributed by atoms with Gasteiger partial charge in [0.05, 0.1) is 6.04 Å². The molecule has 2 rings (SSSR count). The lowest BCUT2D eigenvalue weighted by Crippen LogP contribution is -2.35. The van der Waals surface area contributed by atoms with Crippen molar-refractivity contribution in [3.8, 4) is 0 Å². The van der Waals surface area contributed by atoms with Gasteiger partial charge < -0.3 is 10.1 Å². The van der Waals surface area contributed by atoms with Crippen molar-refractivity contribution in [3.05, 3.63) is 34.9 Å². The number of carbonyl (C=O) groups is 1. The summed E-state index contributed by atoms with van der Waals surface area (Å²) in [6.45, 7) is 3.36. The number of amides is 1. The van der Waals surface area contributed by atoms with Gasteiger partial charge >= 0.3 is 0 Å². The summed E-state index contributed by atoms with van der Waals surface area (Å²) >= 11 is 5.84. The van der Waals surface area contributed by atoms with E-state index < -0.39 is 0 Å². The fourth-order valence-corrected chi connectivity index (χ4v) is 2.25. The van der Waals surface area contributed by atoms with Crippen LogP contribution in [0.25, 0.3) is 0 Å². The maximum Gasteiger partial charge on any atom is 0.223 e. The third-order valence-electron chi connectivity index (χ3n) is 3.32. The summed E-state index contributed by atoms with van der Waals surface area (Å²) in [6, 6.07) is 7.58. The van der Waals surface area contributed by atoms with Crippen LogP contribution in [0.15, 0.2) is 24.3 Å². The van der Waals surface area contributed by atoms with Crippen LogP contribution in [0.4, 0.5) is 0 Å². The van der Waals surface area contributed by atoms with E-state index in [2.05, 4.69) is 5.32 Å². The molecule has 1 atom stereocenters. The number of halogens is 1. The van der Waals surface area contributed by atoms with Crippen molar-refractivity contribution in [1.29, 1.82) is 0 Å². The second-order valence-electron chi connectivity index (χ2n) is 4.67. The van der Waals surface area contributed by atoms with Crippen LogP contribution in [0.1, 0.15) is 31.4 Å². The van der Waals surface area contributed by atoms with Crippen molar-refractivity contribution in [3.63, 3.8) is 0 Å². The number of nitrogens with one attached hydrogen (secondary N) is 1. The molecule has 1 heterocycles. The summed E-state index contributed by atoms with van der Waals surface area (Å²) in [7, 11) is 0. The molecule has 1 N–H and O–H groups in total. The molecule has 1 amide bonds. The van der Waals surface area contributed by atoms with Crippen molar-refractivity contribution in [2.45, 2.75) is 25.8 Å². The summed E-state index contributed by atoms with van der Waals surface area (Å²) in [5, 5.41) is 3.76. The number of hydrogen-bond acceptors (Lipinski definition) is 2. The van der Waals surface area contributed by atoms with E-state index in [1.165, 1.54) is 0 Å². The monoisotopic (exact) mass is 267 g/mol. The Hall–Kier alpha value is -1.06. The van der Waals surface area contributed by atoms with E-state index in [0.717, 1.165) is 18.4 Å². The maximum absolute atomic E-state index is 12.1. The highest BCUT2D eigenvalue weighted by atomic mass is 35.5. The Morgan fingerprint density at radius 1 is 1.33 bits per heavy atom. The first-order valence-electron chi connectivity index (χ1n) is 6.30. The lowest BCUT2D eigenvalue weighted by atomic mass is 9.98. The molecule has 1 unspecified atom stereocenters. The third kappa shape index (κ3) is 3.47. The molecule has 1 aromatic carbocycles. The van der Waals surface area contributed by atoms with Crippen LogP contribution in [0.3, 0.4) is 0 Å². The average Bonchev–Trinajstić information content (AvgIpc) is 2.40. The summed E-state index contributed by atoms with van der Waals surface area (Å²) in [6.07, 6.45) is 1.64. The SMILES string of the molecule is CC(NC(=O)C1CCOCC1)c1ccc(Cl)cc1. The van der Waals surface area contributed by atoms with Gasteiger partial charge in [-0.2, -0.15) is 0 Å². The van der Waals surface area contributed by atoms with Gasteiger partial charge in [-0.15, -0.1) is 0 Å². The molecule has 1 aliphatic rings. The van der Waals surface area contributed by atoms with Gasteiger partial charge in [-0.3, -0.25) is 4.79 Å². The van der Waals surface area contributed by atoms with E-state index >= 15 is 0 Å². The van der Waals surface area contributed by atoms with Gasteiger partial charge in [-0.1, -0.05) is 23.7 Å². The standard InChI is InChI=1S/C14H18ClNO2/c1-10(11-2-4-13(15)5-3-11)16-14(17)12-6-8-18-9-7-12/h2-5,10,12H,6-9H2,1H3,(H,16,17). The molecule has 0 spiro atoms. The number of rotatable bonds is 3. The Morgan fingerprint density at radius 2 is 1.94 bits per heavy atom. The molecule has 4 heteroatoms. The molecule has 1 fully saturated rings. The van der Waals surface area contributed by atoms with Crippen molar-refractivity contribution in [2.75, 3.05) is 13.2 Å². The number of benzene rings is 1. The van der Waals surface area contributed by atoms with Crippen molar-refractivity contribution in [1.82, 2.24) is 5.32 Å². The van der Waals surface area contributed by atoms with Gasteiger partial charge in [0.25, 0.3) is 0 Å². The molecule has 18 heavy (non-hydrogen) atoms. The molecule has 1 aromatic rings. The lowest BCUT2D eigenvalue weighted by molar-refractivity contribution is -0.128. The molecule has 1 saturated heterocycles. The van der Waals surface area contributed by atoms with Crippen LogP contribution in [-0.2, 0) is 9.53 Å². The van der Waals surface area contributed by atoms with Gasteiger partial charge in [0.2, 0.25) is 5.91 Å². The van der Waals surface area contributed by atoms with Crippen molar-refractivity contribution < 1.29 is 9.53 Å². The zero-order valence-electron chi connectivity index (χ0n) is 10.5. The zero-order valence-corrected chi connectivity index (χ0v) is 11.2. The number of carbonyl (C=O) groups excluding carboxylic acids is 1. The summed E-state index contributed by atoms with van der Waals surface area (Å²) in [4.78, 5) is 12.1. The van der Waals surface area contributed by atoms with E-state index in [0.29, 0.717) is 18.2 Å². The highest BCUT2D eigenvalue weighted by Gasteiger charge is 2.22. The minimum absolute atomic E-state index is 0.0117. The Morgan fingerprint density at radius 3 is 2.56 bits per heavy atom. The quantitative estimate of drug-likeness (QED) is 0.914. The van der Waals surface area contributed by atoms with Gasteiger partial charge in [-0.25, -0.2) is 0 Å². The number of ether oxygens (including phenoxy) is 1. The topological polar surface area (TPSA) is 38.3 Å². The molecule has 0 bridgehead atoms.